The second kappa shape index (κ2) is 7.59. The number of nitrogens with one attached hydrogen (secondary N) is 1. The van der Waals surface area contributed by atoms with E-state index in [2.05, 4.69) is 65.2 Å². The first kappa shape index (κ1) is 16.0. The molecule has 2 aromatic rings. The number of hydrogen-bond acceptors (Lipinski definition) is 2. The molecular formula is C15H14Br3NO. The Morgan fingerprint density at radius 3 is 2.20 bits per heavy atom. The van der Waals surface area contributed by atoms with Crippen molar-refractivity contribution in [3.8, 4) is 0 Å². The molecule has 2 aromatic carbocycles. The van der Waals surface area contributed by atoms with Gasteiger partial charge in [0, 0.05) is 20.5 Å². The zero-order chi connectivity index (χ0) is 14.5. The van der Waals surface area contributed by atoms with E-state index in [1.807, 2.05) is 30.3 Å². The lowest BCUT2D eigenvalue weighted by Crippen LogP contribution is -2.16. The summed E-state index contributed by atoms with van der Waals surface area (Å²) in [6, 6.07) is 14.4. The van der Waals surface area contributed by atoms with E-state index in [-0.39, 0.29) is 6.04 Å². The van der Waals surface area contributed by atoms with Crippen molar-refractivity contribution in [2.45, 2.75) is 6.04 Å². The van der Waals surface area contributed by atoms with Gasteiger partial charge in [-0.3, -0.25) is 0 Å². The Hall–Kier alpha value is -0.360. The van der Waals surface area contributed by atoms with Crippen molar-refractivity contribution >= 4 is 53.5 Å². The summed E-state index contributed by atoms with van der Waals surface area (Å²) in [4.78, 5) is 0. The minimum Gasteiger partial charge on any atom is -0.382 e. The lowest BCUT2D eigenvalue weighted by Gasteiger charge is -2.21. The normalized spacial score (nSPS) is 12.2. The van der Waals surface area contributed by atoms with Crippen LogP contribution in [-0.4, -0.2) is 13.7 Å². The molecule has 0 amide bonds. The van der Waals surface area contributed by atoms with E-state index < -0.39 is 0 Å². The molecule has 2 rings (SSSR count). The third kappa shape index (κ3) is 4.07. The molecule has 20 heavy (non-hydrogen) atoms. The predicted octanol–water partition coefficient (Wildman–Crippen LogP) is 5.77. The van der Waals surface area contributed by atoms with Gasteiger partial charge in [-0.15, -0.1) is 0 Å². The molecule has 0 saturated carbocycles. The Balaban J connectivity index is 2.30. The zero-order valence-corrected chi connectivity index (χ0v) is 15.6. The molecule has 2 nitrogen and oxygen atoms in total. The van der Waals surface area contributed by atoms with E-state index in [0.717, 1.165) is 19.1 Å². The summed E-state index contributed by atoms with van der Waals surface area (Å²) in [5.74, 6) is 0. The lowest BCUT2D eigenvalue weighted by atomic mass is 10.1. The average Bonchev–Trinajstić information content (AvgIpc) is 2.42. The number of hydrogen-bond donors (Lipinski definition) is 1. The van der Waals surface area contributed by atoms with E-state index in [4.69, 9.17) is 4.74 Å². The second-order valence-electron chi connectivity index (χ2n) is 4.31. The number of rotatable bonds is 5. The summed E-state index contributed by atoms with van der Waals surface area (Å²) in [7, 11) is 1.71. The molecule has 0 saturated heterocycles. The minimum absolute atomic E-state index is 0.0926. The third-order valence-corrected chi connectivity index (χ3v) is 4.57. The molecule has 0 aliphatic rings. The molecule has 0 radical (unpaired) electrons. The number of ether oxygens (including phenoxy) is 1. The van der Waals surface area contributed by atoms with Gasteiger partial charge in [0.1, 0.15) is 0 Å². The maximum atomic E-state index is 5.33. The third-order valence-electron chi connectivity index (χ3n) is 2.86. The van der Waals surface area contributed by atoms with Gasteiger partial charge in [-0.25, -0.2) is 0 Å². The van der Waals surface area contributed by atoms with Gasteiger partial charge in [0.05, 0.1) is 18.3 Å². The standard InChI is InChI=1S/C15H14Br3NO/c1-20-9-14(10-5-3-2-4-6-10)19-15-12(17)7-11(16)8-13(15)18/h2-8,14,19H,9H2,1H3. The van der Waals surface area contributed by atoms with Crippen LogP contribution in [0.15, 0.2) is 55.9 Å². The molecule has 5 heteroatoms. The fourth-order valence-corrected chi connectivity index (χ4v) is 4.42. The van der Waals surface area contributed by atoms with Crippen molar-refractivity contribution in [1.29, 1.82) is 0 Å². The van der Waals surface area contributed by atoms with Crippen molar-refractivity contribution in [2.24, 2.45) is 0 Å². The SMILES string of the molecule is COCC(Nc1c(Br)cc(Br)cc1Br)c1ccccc1. The summed E-state index contributed by atoms with van der Waals surface area (Å²) < 4.78 is 8.34. The highest BCUT2D eigenvalue weighted by atomic mass is 79.9. The zero-order valence-electron chi connectivity index (χ0n) is 10.9. The second-order valence-corrected chi connectivity index (χ2v) is 6.93. The largest absolute Gasteiger partial charge is 0.382 e. The van der Waals surface area contributed by atoms with Gasteiger partial charge in [0.2, 0.25) is 0 Å². The Kier molecular flexibility index (Phi) is 6.08. The van der Waals surface area contributed by atoms with Crippen LogP contribution < -0.4 is 5.32 Å². The molecule has 0 bridgehead atoms. The number of methoxy groups -OCH3 is 1. The quantitative estimate of drug-likeness (QED) is 0.607. The molecule has 0 aliphatic heterocycles. The topological polar surface area (TPSA) is 21.3 Å². The van der Waals surface area contributed by atoms with Crippen LogP contribution in [0.3, 0.4) is 0 Å². The first-order valence-electron chi connectivity index (χ1n) is 6.06. The van der Waals surface area contributed by atoms with Crippen LogP contribution in [0.4, 0.5) is 5.69 Å². The first-order chi connectivity index (χ1) is 9.61. The molecular weight excluding hydrogens is 450 g/mol. The Bertz CT molecular complexity index is 552. The first-order valence-corrected chi connectivity index (χ1v) is 8.44. The number of halogens is 3. The molecule has 1 N–H and O–H groups in total. The lowest BCUT2D eigenvalue weighted by molar-refractivity contribution is 0.186. The Labute approximate surface area is 144 Å². The van der Waals surface area contributed by atoms with Crippen LogP contribution in [0.5, 0.6) is 0 Å². The Morgan fingerprint density at radius 2 is 1.65 bits per heavy atom. The van der Waals surface area contributed by atoms with Gasteiger partial charge in [0.25, 0.3) is 0 Å². The van der Waals surface area contributed by atoms with E-state index in [1.54, 1.807) is 7.11 Å². The fourth-order valence-electron chi connectivity index (χ4n) is 1.93. The van der Waals surface area contributed by atoms with Gasteiger partial charge in [-0.05, 0) is 49.6 Å². The number of benzene rings is 2. The molecule has 106 valence electrons. The molecule has 0 spiro atoms. The maximum absolute atomic E-state index is 5.33. The van der Waals surface area contributed by atoms with E-state index >= 15 is 0 Å². The van der Waals surface area contributed by atoms with Gasteiger partial charge in [-0.2, -0.15) is 0 Å². The summed E-state index contributed by atoms with van der Waals surface area (Å²) in [5, 5.41) is 3.52. The monoisotopic (exact) mass is 461 g/mol. The molecule has 1 unspecified atom stereocenters. The van der Waals surface area contributed by atoms with Crippen LogP contribution in [0.1, 0.15) is 11.6 Å². The van der Waals surface area contributed by atoms with Crippen LogP contribution in [0.2, 0.25) is 0 Å². The molecule has 0 aromatic heterocycles. The summed E-state index contributed by atoms with van der Waals surface area (Å²) in [6.07, 6.45) is 0. The van der Waals surface area contributed by atoms with E-state index in [0.29, 0.717) is 6.61 Å². The summed E-state index contributed by atoms with van der Waals surface area (Å²) >= 11 is 10.7. The molecule has 0 aliphatic carbocycles. The van der Waals surface area contributed by atoms with Gasteiger partial charge < -0.3 is 10.1 Å². The van der Waals surface area contributed by atoms with Crippen LogP contribution in [-0.2, 0) is 4.74 Å². The van der Waals surface area contributed by atoms with Crippen LogP contribution >= 0.6 is 47.8 Å². The summed E-state index contributed by atoms with van der Waals surface area (Å²) in [6.45, 7) is 0.596. The van der Waals surface area contributed by atoms with E-state index in [1.165, 1.54) is 5.56 Å². The predicted molar refractivity (Wildman–Crippen MR) is 94.2 cm³/mol. The smallest absolute Gasteiger partial charge is 0.0748 e. The Morgan fingerprint density at radius 1 is 1.05 bits per heavy atom. The highest BCUT2D eigenvalue weighted by Crippen LogP contribution is 2.36. The van der Waals surface area contributed by atoms with Crippen molar-refractivity contribution < 1.29 is 4.74 Å². The fraction of sp³-hybridized carbons (Fsp3) is 0.200. The van der Waals surface area contributed by atoms with Crippen LogP contribution in [0.25, 0.3) is 0 Å². The minimum atomic E-state index is 0.0926. The highest BCUT2D eigenvalue weighted by Gasteiger charge is 2.15. The van der Waals surface area contributed by atoms with Gasteiger partial charge >= 0.3 is 0 Å². The maximum Gasteiger partial charge on any atom is 0.0748 e. The number of anilines is 1. The summed E-state index contributed by atoms with van der Waals surface area (Å²) in [5.41, 5.74) is 2.20. The van der Waals surface area contributed by atoms with Crippen LogP contribution in [0, 0.1) is 0 Å². The van der Waals surface area contributed by atoms with Crippen molar-refractivity contribution in [3.05, 3.63) is 61.4 Å². The van der Waals surface area contributed by atoms with Gasteiger partial charge in [-0.1, -0.05) is 46.3 Å². The van der Waals surface area contributed by atoms with Crippen molar-refractivity contribution in [1.82, 2.24) is 0 Å². The van der Waals surface area contributed by atoms with E-state index in [9.17, 15) is 0 Å². The highest BCUT2D eigenvalue weighted by molar-refractivity contribution is 9.11. The average molecular weight is 464 g/mol. The van der Waals surface area contributed by atoms with Crippen molar-refractivity contribution in [2.75, 3.05) is 19.0 Å². The molecule has 0 heterocycles. The van der Waals surface area contributed by atoms with Crippen molar-refractivity contribution in [3.63, 3.8) is 0 Å². The molecule has 1 atom stereocenters. The molecule has 0 fully saturated rings. The van der Waals surface area contributed by atoms with Gasteiger partial charge in [0.15, 0.2) is 0 Å².